The fraction of sp³-hybridized carbons (Fsp3) is 0.214. The lowest BCUT2D eigenvalue weighted by Crippen LogP contribution is -2.08. The molecular formula is C14H12ClF3N2. The first kappa shape index (κ1) is 14.7. The van der Waals surface area contributed by atoms with Gasteiger partial charge in [-0.1, -0.05) is 17.7 Å². The van der Waals surface area contributed by atoms with Crippen LogP contribution in [0.5, 0.6) is 0 Å². The second kappa shape index (κ2) is 6.13. The van der Waals surface area contributed by atoms with Crippen LogP contribution in [0.15, 0.2) is 42.7 Å². The van der Waals surface area contributed by atoms with Crippen LogP contribution in [-0.2, 0) is 12.6 Å². The third kappa shape index (κ3) is 3.87. The number of nitrogens with zero attached hydrogens (tertiary/aromatic N) is 1. The van der Waals surface area contributed by atoms with Crippen molar-refractivity contribution in [2.75, 3.05) is 11.9 Å². The fourth-order valence-corrected chi connectivity index (χ4v) is 1.97. The van der Waals surface area contributed by atoms with Gasteiger partial charge in [0.25, 0.3) is 0 Å². The molecule has 0 unspecified atom stereocenters. The smallest absolute Gasteiger partial charge is 0.384 e. The van der Waals surface area contributed by atoms with E-state index in [2.05, 4.69) is 10.3 Å². The third-order valence-corrected chi connectivity index (χ3v) is 3.06. The lowest BCUT2D eigenvalue weighted by molar-refractivity contribution is -0.137. The molecule has 1 aromatic heterocycles. The maximum Gasteiger partial charge on any atom is 0.416 e. The lowest BCUT2D eigenvalue weighted by Gasteiger charge is -2.11. The molecule has 0 amide bonds. The van der Waals surface area contributed by atoms with Gasteiger partial charge in [-0.15, -0.1) is 0 Å². The summed E-state index contributed by atoms with van der Waals surface area (Å²) in [5.41, 5.74) is 0.784. The van der Waals surface area contributed by atoms with E-state index in [-0.39, 0.29) is 5.02 Å². The molecule has 1 heterocycles. The Hall–Kier alpha value is -1.75. The van der Waals surface area contributed by atoms with E-state index in [4.69, 9.17) is 11.6 Å². The van der Waals surface area contributed by atoms with Crippen LogP contribution in [0.25, 0.3) is 0 Å². The van der Waals surface area contributed by atoms with Crippen molar-refractivity contribution in [3.8, 4) is 0 Å². The highest BCUT2D eigenvalue weighted by Crippen LogP contribution is 2.33. The molecule has 2 aromatic rings. The summed E-state index contributed by atoms with van der Waals surface area (Å²) in [5, 5.41) is 3.07. The van der Waals surface area contributed by atoms with Gasteiger partial charge in [0.2, 0.25) is 0 Å². The Bertz CT molecular complexity index is 570. The zero-order valence-corrected chi connectivity index (χ0v) is 11.2. The van der Waals surface area contributed by atoms with Gasteiger partial charge in [-0.3, -0.25) is 4.98 Å². The predicted octanol–water partition coefficient (Wildman–Crippen LogP) is 4.41. The van der Waals surface area contributed by atoms with Crippen LogP contribution in [0.3, 0.4) is 0 Å². The van der Waals surface area contributed by atoms with Crippen molar-refractivity contribution < 1.29 is 13.2 Å². The van der Waals surface area contributed by atoms with E-state index < -0.39 is 11.7 Å². The highest BCUT2D eigenvalue weighted by Gasteiger charge is 2.30. The van der Waals surface area contributed by atoms with Crippen LogP contribution in [0.4, 0.5) is 18.9 Å². The summed E-state index contributed by atoms with van der Waals surface area (Å²) in [6, 6.07) is 7.05. The van der Waals surface area contributed by atoms with Crippen molar-refractivity contribution in [3.05, 3.63) is 58.9 Å². The van der Waals surface area contributed by atoms with Crippen molar-refractivity contribution in [3.63, 3.8) is 0 Å². The fourth-order valence-electron chi connectivity index (χ4n) is 1.72. The molecule has 2 nitrogen and oxygen atoms in total. The van der Waals surface area contributed by atoms with E-state index in [1.807, 2.05) is 12.1 Å². The molecule has 6 heteroatoms. The van der Waals surface area contributed by atoms with Crippen LogP contribution >= 0.6 is 11.6 Å². The molecular weight excluding hydrogens is 289 g/mol. The van der Waals surface area contributed by atoms with E-state index >= 15 is 0 Å². The van der Waals surface area contributed by atoms with Gasteiger partial charge in [0.05, 0.1) is 16.3 Å². The Morgan fingerprint density at radius 1 is 1.20 bits per heavy atom. The van der Waals surface area contributed by atoms with Crippen molar-refractivity contribution in [2.45, 2.75) is 12.6 Å². The minimum atomic E-state index is -4.38. The number of aromatic nitrogens is 1. The van der Waals surface area contributed by atoms with Gasteiger partial charge in [0.1, 0.15) is 0 Å². The molecule has 1 aromatic carbocycles. The number of hydrogen-bond donors (Lipinski definition) is 1. The van der Waals surface area contributed by atoms with E-state index in [9.17, 15) is 13.2 Å². The van der Waals surface area contributed by atoms with Gasteiger partial charge in [0, 0.05) is 18.9 Å². The Balaban J connectivity index is 1.97. The monoisotopic (exact) mass is 300 g/mol. The molecule has 0 bridgehead atoms. The van der Waals surface area contributed by atoms with Gasteiger partial charge < -0.3 is 5.32 Å². The maximum absolute atomic E-state index is 12.5. The van der Waals surface area contributed by atoms with Crippen LogP contribution in [-0.4, -0.2) is 11.5 Å². The first-order chi connectivity index (χ1) is 9.47. The summed E-state index contributed by atoms with van der Waals surface area (Å²) in [6.07, 6.45) is -0.233. The lowest BCUT2D eigenvalue weighted by atomic mass is 10.2. The van der Waals surface area contributed by atoms with E-state index in [0.29, 0.717) is 18.7 Å². The average Bonchev–Trinajstić information content (AvgIpc) is 2.40. The summed E-state index contributed by atoms with van der Waals surface area (Å²) in [5.74, 6) is 0. The molecule has 0 spiro atoms. The average molecular weight is 301 g/mol. The van der Waals surface area contributed by atoms with Crippen LogP contribution in [0.1, 0.15) is 11.1 Å². The SMILES string of the molecule is FC(F)(F)c1ccc(NCCc2cccnc2)c(Cl)c1. The Morgan fingerprint density at radius 3 is 2.60 bits per heavy atom. The molecule has 0 radical (unpaired) electrons. The highest BCUT2D eigenvalue weighted by atomic mass is 35.5. The minimum absolute atomic E-state index is 0.0611. The van der Waals surface area contributed by atoms with E-state index in [0.717, 1.165) is 17.7 Å². The molecule has 0 aliphatic rings. The summed E-state index contributed by atoms with van der Waals surface area (Å²) >= 11 is 5.84. The molecule has 0 saturated heterocycles. The van der Waals surface area contributed by atoms with Crippen LogP contribution in [0.2, 0.25) is 5.02 Å². The second-order valence-corrected chi connectivity index (χ2v) is 4.64. The number of hydrogen-bond acceptors (Lipinski definition) is 2. The van der Waals surface area contributed by atoms with Crippen molar-refractivity contribution in [1.82, 2.24) is 4.98 Å². The molecule has 106 valence electrons. The van der Waals surface area contributed by atoms with E-state index in [1.54, 1.807) is 12.4 Å². The van der Waals surface area contributed by atoms with Gasteiger partial charge in [0.15, 0.2) is 0 Å². The Morgan fingerprint density at radius 2 is 2.00 bits per heavy atom. The summed E-state index contributed by atoms with van der Waals surface area (Å²) in [7, 11) is 0. The maximum atomic E-state index is 12.5. The summed E-state index contributed by atoms with van der Waals surface area (Å²) in [6.45, 7) is 0.566. The van der Waals surface area contributed by atoms with Crippen molar-refractivity contribution >= 4 is 17.3 Å². The Kier molecular flexibility index (Phi) is 4.49. The number of pyridine rings is 1. The van der Waals surface area contributed by atoms with Crippen molar-refractivity contribution in [2.24, 2.45) is 0 Å². The quantitative estimate of drug-likeness (QED) is 0.905. The first-order valence-electron chi connectivity index (χ1n) is 5.96. The zero-order chi connectivity index (χ0) is 14.6. The Labute approximate surface area is 119 Å². The van der Waals surface area contributed by atoms with Gasteiger partial charge in [-0.05, 0) is 36.2 Å². The van der Waals surface area contributed by atoms with Gasteiger partial charge in [-0.2, -0.15) is 13.2 Å². The van der Waals surface area contributed by atoms with Crippen LogP contribution in [0, 0.1) is 0 Å². The topological polar surface area (TPSA) is 24.9 Å². The highest BCUT2D eigenvalue weighted by molar-refractivity contribution is 6.33. The zero-order valence-electron chi connectivity index (χ0n) is 10.4. The van der Waals surface area contributed by atoms with Gasteiger partial charge in [-0.25, -0.2) is 0 Å². The normalized spacial score (nSPS) is 11.4. The molecule has 2 rings (SSSR count). The molecule has 0 saturated carbocycles. The molecule has 1 N–H and O–H groups in total. The number of rotatable bonds is 4. The second-order valence-electron chi connectivity index (χ2n) is 4.23. The number of benzene rings is 1. The van der Waals surface area contributed by atoms with Crippen molar-refractivity contribution in [1.29, 1.82) is 0 Å². The number of nitrogens with one attached hydrogen (secondary N) is 1. The first-order valence-corrected chi connectivity index (χ1v) is 6.34. The number of alkyl halides is 3. The number of halogens is 4. The summed E-state index contributed by atoms with van der Waals surface area (Å²) in [4.78, 5) is 3.99. The molecule has 0 aliphatic carbocycles. The number of anilines is 1. The standard InChI is InChI=1S/C14H12ClF3N2/c15-12-8-11(14(16,17)18)3-4-13(12)20-7-5-10-2-1-6-19-9-10/h1-4,6,8-9,20H,5,7H2. The molecule has 0 fully saturated rings. The molecule has 0 atom stereocenters. The minimum Gasteiger partial charge on any atom is -0.384 e. The molecule has 20 heavy (non-hydrogen) atoms. The largest absolute Gasteiger partial charge is 0.416 e. The third-order valence-electron chi connectivity index (χ3n) is 2.75. The van der Waals surface area contributed by atoms with E-state index in [1.165, 1.54) is 6.07 Å². The molecule has 0 aliphatic heterocycles. The van der Waals surface area contributed by atoms with Crippen LogP contribution < -0.4 is 5.32 Å². The summed E-state index contributed by atoms with van der Waals surface area (Å²) < 4.78 is 37.5. The van der Waals surface area contributed by atoms with Gasteiger partial charge >= 0.3 is 6.18 Å². The predicted molar refractivity (Wildman–Crippen MR) is 72.9 cm³/mol.